The van der Waals surface area contributed by atoms with Crippen LogP contribution in [0.25, 0.3) is 0 Å². The van der Waals surface area contributed by atoms with E-state index in [1.54, 1.807) is 0 Å². The predicted octanol–water partition coefficient (Wildman–Crippen LogP) is 2.55. The molecular weight excluding hydrogens is 212 g/mol. The lowest BCUT2D eigenvalue weighted by atomic mass is 10.2. The molecule has 0 spiro atoms. The first-order valence-corrected chi connectivity index (χ1v) is 6.37. The maximum atomic E-state index is 5.95. The molecule has 0 aliphatic rings. The van der Waals surface area contributed by atoms with Gasteiger partial charge in [-0.15, -0.1) is 0 Å². The zero-order chi connectivity index (χ0) is 13.0. The lowest BCUT2D eigenvalue weighted by molar-refractivity contribution is 0.651. The molecule has 4 heteroatoms. The largest absolute Gasteiger partial charge is 0.383 e. The van der Waals surface area contributed by atoms with E-state index in [0.717, 1.165) is 36.5 Å². The number of nitrogens with zero attached hydrogens (tertiary/aromatic N) is 3. The number of hydrogen-bond acceptors (Lipinski definition) is 4. The number of nitrogens with two attached hydrogens (primary N) is 1. The Labute approximate surface area is 104 Å². The van der Waals surface area contributed by atoms with Crippen LogP contribution in [0.4, 0.5) is 11.6 Å². The molecule has 1 atom stereocenters. The minimum Gasteiger partial charge on any atom is -0.383 e. The first kappa shape index (κ1) is 13.7. The van der Waals surface area contributed by atoms with E-state index in [-0.39, 0.29) is 0 Å². The summed E-state index contributed by atoms with van der Waals surface area (Å²) in [5.41, 5.74) is 6.93. The van der Waals surface area contributed by atoms with Crippen molar-refractivity contribution in [3.8, 4) is 0 Å². The number of rotatable bonds is 5. The predicted molar refractivity (Wildman–Crippen MR) is 73.3 cm³/mol. The van der Waals surface area contributed by atoms with Gasteiger partial charge in [0, 0.05) is 25.1 Å². The van der Waals surface area contributed by atoms with Crippen molar-refractivity contribution in [3.63, 3.8) is 0 Å². The Kier molecular flexibility index (Phi) is 4.73. The van der Waals surface area contributed by atoms with Crippen LogP contribution in [0.5, 0.6) is 0 Å². The normalized spacial score (nSPS) is 12.5. The van der Waals surface area contributed by atoms with Crippen LogP contribution in [0.3, 0.4) is 0 Å². The molecule has 1 heterocycles. The molecule has 2 N–H and O–H groups in total. The van der Waals surface area contributed by atoms with E-state index in [4.69, 9.17) is 5.73 Å². The second-order valence-electron chi connectivity index (χ2n) is 4.59. The van der Waals surface area contributed by atoms with Crippen molar-refractivity contribution in [2.24, 2.45) is 0 Å². The summed E-state index contributed by atoms with van der Waals surface area (Å²) in [5.74, 6) is 2.42. The molecule has 0 bridgehead atoms. The second-order valence-corrected chi connectivity index (χ2v) is 4.59. The standard InChI is InChI=1S/C13H24N4/c1-6-8-11-15-12(14)10(4)13(16-11)17(5)9(3)7-2/h9H,6-8H2,1-5H3,(H2,14,15,16). The summed E-state index contributed by atoms with van der Waals surface area (Å²) in [6, 6.07) is 0.456. The van der Waals surface area contributed by atoms with E-state index in [0.29, 0.717) is 11.9 Å². The Morgan fingerprint density at radius 3 is 2.47 bits per heavy atom. The van der Waals surface area contributed by atoms with Gasteiger partial charge in [0.1, 0.15) is 17.5 Å². The third-order valence-electron chi connectivity index (χ3n) is 3.26. The summed E-state index contributed by atoms with van der Waals surface area (Å²) < 4.78 is 0. The van der Waals surface area contributed by atoms with Gasteiger partial charge in [0.25, 0.3) is 0 Å². The lowest BCUT2D eigenvalue weighted by Crippen LogP contribution is -2.30. The zero-order valence-corrected chi connectivity index (χ0v) is 11.6. The van der Waals surface area contributed by atoms with E-state index in [1.807, 2.05) is 6.92 Å². The fourth-order valence-electron chi connectivity index (χ4n) is 1.73. The van der Waals surface area contributed by atoms with Crippen LogP contribution in [0.15, 0.2) is 0 Å². The quantitative estimate of drug-likeness (QED) is 0.853. The minimum absolute atomic E-state index is 0.456. The Morgan fingerprint density at radius 2 is 1.94 bits per heavy atom. The van der Waals surface area contributed by atoms with Gasteiger partial charge in [-0.25, -0.2) is 9.97 Å². The number of aromatic nitrogens is 2. The van der Waals surface area contributed by atoms with Crippen molar-refractivity contribution in [3.05, 3.63) is 11.4 Å². The molecule has 4 nitrogen and oxygen atoms in total. The summed E-state index contributed by atoms with van der Waals surface area (Å²) in [4.78, 5) is 11.1. The van der Waals surface area contributed by atoms with Gasteiger partial charge in [0.15, 0.2) is 0 Å². The summed E-state index contributed by atoms with van der Waals surface area (Å²) in [6.45, 7) is 8.47. The Bertz CT molecular complexity index is 376. The fourth-order valence-corrected chi connectivity index (χ4v) is 1.73. The number of nitrogen functional groups attached to an aromatic ring is 1. The number of hydrogen-bond donors (Lipinski definition) is 1. The van der Waals surface area contributed by atoms with Crippen LogP contribution < -0.4 is 10.6 Å². The smallest absolute Gasteiger partial charge is 0.137 e. The van der Waals surface area contributed by atoms with Crippen molar-refractivity contribution in [2.75, 3.05) is 17.7 Å². The molecule has 0 saturated carbocycles. The average molecular weight is 236 g/mol. The highest BCUT2D eigenvalue weighted by Gasteiger charge is 2.15. The fraction of sp³-hybridized carbons (Fsp3) is 0.692. The first-order valence-electron chi connectivity index (χ1n) is 6.37. The van der Waals surface area contributed by atoms with Gasteiger partial charge in [0.05, 0.1) is 0 Å². The minimum atomic E-state index is 0.456. The van der Waals surface area contributed by atoms with Crippen LogP contribution in [-0.2, 0) is 6.42 Å². The van der Waals surface area contributed by atoms with Crippen LogP contribution in [-0.4, -0.2) is 23.1 Å². The molecule has 0 aromatic carbocycles. The Balaban J connectivity index is 3.12. The van der Waals surface area contributed by atoms with Gasteiger partial charge >= 0.3 is 0 Å². The monoisotopic (exact) mass is 236 g/mol. The van der Waals surface area contributed by atoms with Crippen LogP contribution in [0, 0.1) is 6.92 Å². The highest BCUT2D eigenvalue weighted by Crippen LogP contribution is 2.23. The highest BCUT2D eigenvalue weighted by atomic mass is 15.2. The molecule has 0 radical (unpaired) electrons. The summed E-state index contributed by atoms with van der Waals surface area (Å²) in [7, 11) is 2.07. The molecule has 0 amide bonds. The van der Waals surface area contributed by atoms with Gasteiger partial charge < -0.3 is 10.6 Å². The summed E-state index contributed by atoms with van der Waals surface area (Å²) in [6.07, 6.45) is 3.00. The Morgan fingerprint density at radius 1 is 1.29 bits per heavy atom. The van der Waals surface area contributed by atoms with Gasteiger partial charge in [-0.3, -0.25) is 0 Å². The van der Waals surface area contributed by atoms with Gasteiger partial charge in [-0.05, 0) is 26.7 Å². The topological polar surface area (TPSA) is 55.0 Å². The van der Waals surface area contributed by atoms with Crippen molar-refractivity contribution in [1.82, 2.24) is 9.97 Å². The molecule has 17 heavy (non-hydrogen) atoms. The van der Waals surface area contributed by atoms with E-state index in [1.165, 1.54) is 0 Å². The van der Waals surface area contributed by atoms with Crippen molar-refractivity contribution in [1.29, 1.82) is 0 Å². The molecule has 0 aliphatic carbocycles. The second kappa shape index (κ2) is 5.84. The third-order valence-corrected chi connectivity index (χ3v) is 3.26. The van der Waals surface area contributed by atoms with E-state index in [2.05, 4.69) is 42.7 Å². The third kappa shape index (κ3) is 3.08. The SMILES string of the molecule is CCCc1nc(N)c(C)c(N(C)C(C)CC)n1. The molecular formula is C13H24N4. The first-order chi connectivity index (χ1) is 8.01. The lowest BCUT2D eigenvalue weighted by Gasteiger charge is -2.27. The molecule has 0 aliphatic heterocycles. The Hall–Kier alpha value is -1.32. The molecule has 0 saturated heterocycles. The summed E-state index contributed by atoms with van der Waals surface area (Å²) in [5, 5.41) is 0. The van der Waals surface area contributed by atoms with Crippen molar-refractivity contribution < 1.29 is 0 Å². The van der Waals surface area contributed by atoms with Crippen molar-refractivity contribution in [2.45, 2.75) is 53.0 Å². The average Bonchev–Trinajstić information content (AvgIpc) is 2.32. The molecule has 1 aromatic heterocycles. The van der Waals surface area contributed by atoms with E-state index < -0.39 is 0 Å². The van der Waals surface area contributed by atoms with E-state index in [9.17, 15) is 0 Å². The van der Waals surface area contributed by atoms with Crippen LogP contribution in [0.1, 0.15) is 45.0 Å². The maximum absolute atomic E-state index is 5.95. The summed E-state index contributed by atoms with van der Waals surface area (Å²) >= 11 is 0. The van der Waals surface area contributed by atoms with Crippen molar-refractivity contribution >= 4 is 11.6 Å². The van der Waals surface area contributed by atoms with Gasteiger partial charge in [-0.2, -0.15) is 0 Å². The van der Waals surface area contributed by atoms with Crippen LogP contribution in [0.2, 0.25) is 0 Å². The molecule has 0 fully saturated rings. The number of anilines is 2. The molecule has 1 unspecified atom stereocenters. The van der Waals surface area contributed by atoms with Gasteiger partial charge in [-0.1, -0.05) is 13.8 Å². The number of aryl methyl sites for hydroxylation is 1. The highest BCUT2D eigenvalue weighted by molar-refractivity contribution is 5.56. The molecule has 1 rings (SSSR count). The maximum Gasteiger partial charge on any atom is 0.137 e. The van der Waals surface area contributed by atoms with Crippen LogP contribution >= 0.6 is 0 Å². The molecule has 96 valence electrons. The molecule has 1 aromatic rings. The zero-order valence-electron chi connectivity index (χ0n) is 11.6. The van der Waals surface area contributed by atoms with Gasteiger partial charge in [0.2, 0.25) is 0 Å². The van der Waals surface area contributed by atoms with E-state index >= 15 is 0 Å².